The highest BCUT2D eigenvalue weighted by Crippen LogP contribution is 2.24. The number of carboxylic acids is 1. The van der Waals surface area contributed by atoms with Gasteiger partial charge in [0.2, 0.25) is 0 Å². The Balaban J connectivity index is 1.49. The van der Waals surface area contributed by atoms with Crippen LogP contribution in [0.5, 0.6) is 0 Å². The summed E-state index contributed by atoms with van der Waals surface area (Å²) in [6, 6.07) is 2.31. The predicted octanol–water partition coefficient (Wildman–Crippen LogP) is 1.43. The molecule has 2 fully saturated rings. The van der Waals surface area contributed by atoms with Crippen LogP contribution >= 0.6 is 0 Å². The van der Waals surface area contributed by atoms with Gasteiger partial charge in [-0.25, -0.2) is 4.79 Å². The van der Waals surface area contributed by atoms with E-state index in [0.29, 0.717) is 12.3 Å². The minimum absolute atomic E-state index is 0.00964. The molecule has 1 aliphatic carbocycles. The first kappa shape index (κ1) is 13.6. The third-order valence-electron chi connectivity index (χ3n) is 4.41. The maximum absolute atomic E-state index is 10.8. The van der Waals surface area contributed by atoms with Gasteiger partial charge in [0.05, 0.1) is 6.54 Å². The monoisotopic (exact) mass is 279 g/mol. The van der Waals surface area contributed by atoms with E-state index in [2.05, 4.69) is 15.0 Å². The fourth-order valence-corrected chi connectivity index (χ4v) is 3.26. The van der Waals surface area contributed by atoms with Gasteiger partial charge in [0, 0.05) is 38.3 Å². The Labute approximate surface area is 118 Å². The van der Waals surface area contributed by atoms with Crippen molar-refractivity contribution in [3.8, 4) is 0 Å². The lowest BCUT2D eigenvalue weighted by atomic mass is 10.2. The molecule has 20 heavy (non-hydrogen) atoms. The molecule has 2 aliphatic rings. The number of hydrogen-bond acceptors (Lipinski definition) is 5. The number of hydrogen-bond donors (Lipinski definition) is 1. The number of nitrogens with zero attached hydrogens (tertiary/aromatic N) is 3. The molecule has 0 atom stereocenters. The van der Waals surface area contributed by atoms with Crippen molar-refractivity contribution in [3.63, 3.8) is 0 Å². The van der Waals surface area contributed by atoms with Gasteiger partial charge in [0.15, 0.2) is 11.5 Å². The largest absolute Gasteiger partial charge is 0.476 e. The third kappa shape index (κ3) is 3.02. The summed E-state index contributed by atoms with van der Waals surface area (Å²) in [5, 5.41) is 12.4. The van der Waals surface area contributed by atoms with E-state index >= 15 is 0 Å². The van der Waals surface area contributed by atoms with Gasteiger partial charge in [-0.1, -0.05) is 18.0 Å². The van der Waals surface area contributed by atoms with Crippen LogP contribution in [0.3, 0.4) is 0 Å². The van der Waals surface area contributed by atoms with Gasteiger partial charge in [-0.05, 0) is 12.8 Å². The molecule has 1 saturated heterocycles. The molecule has 6 nitrogen and oxygen atoms in total. The Hall–Kier alpha value is -1.40. The second-order valence-corrected chi connectivity index (χ2v) is 5.73. The smallest absolute Gasteiger partial charge is 0.358 e. The molecule has 2 heterocycles. The standard InChI is InChI=1S/C14H21N3O3/c18-14(19)13-9-12(20-15-13)10-16-5-7-17(8-6-16)11-3-1-2-4-11/h9,11H,1-8,10H2,(H,18,19). The summed E-state index contributed by atoms with van der Waals surface area (Å²) >= 11 is 0. The van der Waals surface area contributed by atoms with E-state index in [0.717, 1.165) is 32.2 Å². The molecule has 3 rings (SSSR count). The zero-order valence-corrected chi connectivity index (χ0v) is 11.6. The van der Waals surface area contributed by atoms with Crippen molar-refractivity contribution in [2.45, 2.75) is 38.3 Å². The Morgan fingerprint density at radius 2 is 2.00 bits per heavy atom. The van der Waals surface area contributed by atoms with E-state index in [1.165, 1.54) is 31.7 Å². The highest BCUT2D eigenvalue weighted by Gasteiger charge is 2.26. The first-order valence-electron chi connectivity index (χ1n) is 7.37. The first-order chi connectivity index (χ1) is 9.72. The fraction of sp³-hybridized carbons (Fsp3) is 0.714. The van der Waals surface area contributed by atoms with E-state index in [1.807, 2.05) is 0 Å². The van der Waals surface area contributed by atoms with Crippen molar-refractivity contribution < 1.29 is 14.4 Å². The van der Waals surface area contributed by atoms with Crippen molar-refractivity contribution in [2.24, 2.45) is 0 Å². The van der Waals surface area contributed by atoms with Gasteiger partial charge < -0.3 is 9.63 Å². The first-order valence-corrected chi connectivity index (χ1v) is 7.37. The van der Waals surface area contributed by atoms with Gasteiger partial charge in [-0.2, -0.15) is 0 Å². The average Bonchev–Trinajstić information content (AvgIpc) is 3.10. The molecule has 6 heteroatoms. The van der Waals surface area contributed by atoms with E-state index in [4.69, 9.17) is 9.63 Å². The van der Waals surface area contributed by atoms with Crippen molar-refractivity contribution in [3.05, 3.63) is 17.5 Å². The highest BCUT2D eigenvalue weighted by molar-refractivity contribution is 5.85. The lowest BCUT2D eigenvalue weighted by Crippen LogP contribution is -2.49. The van der Waals surface area contributed by atoms with Crippen molar-refractivity contribution in [1.82, 2.24) is 15.0 Å². The molecule has 0 unspecified atom stereocenters. The molecule has 1 aromatic rings. The number of aromatic carboxylic acids is 1. The van der Waals surface area contributed by atoms with Crippen molar-refractivity contribution >= 4 is 5.97 Å². The fourth-order valence-electron chi connectivity index (χ4n) is 3.26. The molecular weight excluding hydrogens is 258 g/mol. The van der Waals surface area contributed by atoms with E-state index in [9.17, 15) is 4.79 Å². The zero-order chi connectivity index (χ0) is 13.9. The Morgan fingerprint density at radius 3 is 2.60 bits per heavy atom. The average molecular weight is 279 g/mol. The van der Waals surface area contributed by atoms with E-state index in [-0.39, 0.29) is 5.69 Å². The van der Waals surface area contributed by atoms with Gasteiger partial charge >= 0.3 is 5.97 Å². The molecular formula is C14H21N3O3. The molecule has 0 aromatic carbocycles. The zero-order valence-electron chi connectivity index (χ0n) is 11.6. The van der Waals surface area contributed by atoms with Gasteiger partial charge in [-0.15, -0.1) is 0 Å². The van der Waals surface area contributed by atoms with Crippen LogP contribution in [-0.4, -0.2) is 58.3 Å². The van der Waals surface area contributed by atoms with Crippen LogP contribution in [0, 0.1) is 0 Å². The minimum Gasteiger partial charge on any atom is -0.476 e. The van der Waals surface area contributed by atoms with Crippen LogP contribution in [0.2, 0.25) is 0 Å². The summed E-state index contributed by atoms with van der Waals surface area (Å²) < 4.78 is 5.07. The number of aromatic nitrogens is 1. The summed E-state index contributed by atoms with van der Waals surface area (Å²) in [5.41, 5.74) is -0.00964. The van der Waals surface area contributed by atoms with Gasteiger partial charge in [0.1, 0.15) is 0 Å². The van der Waals surface area contributed by atoms with Gasteiger partial charge in [-0.3, -0.25) is 9.80 Å². The lowest BCUT2D eigenvalue weighted by molar-refractivity contribution is 0.0685. The van der Waals surface area contributed by atoms with Crippen molar-refractivity contribution in [1.29, 1.82) is 0 Å². The van der Waals surface area contributed by atoms with Crippen LogP contribution in [-0.2, 0) is 6.54 Å². The maximum atomic E-state index is 10.8. The molecule has 1 N–H and O–H groups in total. The number of carboxylic acid groups (broad SMARTS) is 1. The van der Waals surface area contributed by atoms with E-state index < -0.39 is 5.97 Å². The quantitative estimate of drug-likeness (QED) is 0.899. The van der Waals surface area contributed by atoms with Crippen LogP contribution in [0.15, 0.2) is 10.6 Å². The summed E-state index contributed by atoms with van der Waals surface area (Å²) in [6.45, 7) is 4.88. The Bertz CT molecular complexity index is 460. The molecule has 1 saturated carbocycles. The lowest BCUT2D eigenvalue weighted by Gasteiger charge is -2.37. The SMILES string of the molecule is O=C(O)c1cc(CN2CCN(C3CCCC3)CC2)on1. The Kier molecular flexibility index (Phi) is 4.03. The van der Waals surface area contributed by atoms with Crippen LogP contribution in [0.25, 0.3) is 0 Å². The summed E-state index contributed by atoms with van der Waals surface area (Å²) in [5.74, 6) is -0.400. The van der Waals surface area contributed by atoms with Crippen LogP contribution < -0.4 is 0 Å². The normalized spacial score (nSPS) is 22.4. The van der Waals surface area contributed by atoms with E-state index in [1.54, 1.807) is 0 Å². The minimum atomic E-state index is -1.04. The molecule has 1 aliphatic heterocycles. The summed E-state index contributed by atoms with van der Waals surface area (Å²) in [6.07, 6.45) is 5.45. The number of piperazine rings is 1. The highest BCUT2D eigenvalue weighted by atomic mass is 16.5. The topological polar surface area (TPSA) is 69.8 Å². The van der Waals surface area contributed by atoms with Crippen molar-refractivity contribution in [2.75, 3.05) is 26.2 Å². The second-order valence-electron chi connectivity index (χ2n) is 5.73. The molecule has 0 amide bonds. The molecule has 0 radical (unpaired) electrons. The van der Waals surface area contributed by atoms with Crippen LogP contribution in [0.4, 0.5) is 0 Å². The summed E-state index contributed by atoms with van der Waals surface area (Å²) in [4.78, 5) is 15.7. The summed E-state index contributed by atoms with van der Waals surface area (Å²) in [7, 11) is 0. The predicted molar refractivity (Wildman–Crippen MR) is 72.6 cm³/mol. The maximum Gasteiger partial charge on any atom is 0.358 e. The number of carbonyl (C=O) groups is 1. The third-order valence-corrected chi connectivity index (χ3v) is 4.41. The molecule has 1 aromatic heterocycles. The molecule has 0 bridgehead atoms. The Morgan fingerprint density at radius 1 is 1.30 bits per heavy atom. The molecule has 0 spiro atoms. The number of rotatable bonds is 4. The second kappa shape index (κ2) is 5.93. The van der Waals surface area contributed by atoms with Crippen LogP contribution in [0.1, 0.15) is 41.9 Å². The molecule has 110 valence electrons. The van der Waals surface area contributed by atoms with Gasteiger partial charge in [0.25, 0.3) is 0 Å².